The summed E-state index contributed by atoms with van der Waals surface area (Å²) in [5, 5.41) is 6.22. The summed E-state index contributed by atoms with van der Waals surface area (Å²) in [6.07, 6.45) is 2.73. The zero-order valence-corrected chi connectivity index (χ0v) is 14.6. The monoisotopic (exact) mass is 346 g/mol. The van der Waals surface area contributed by atoms with Gasteiger partial charge in [0, 0.05) is 17.7 Å². The summed E-state index contributed by atoms with van der Waals surface area (Å²) < 4.78 is 5.45. The van der Waals surface area contributed by atoms with Crippen molar-refractivity contribution in [1.82, 2.24) is 5.32 Å². The Hall–Kier alpha value is -2.04. The van der Waals surface area contributed by atoms with Crippen LogP contribution in [0.5, 0.6) is 5.75 Å². The average Bonchev–Trinajstić information content (AvgIpc) is 3.11. The number of anilines is 1. The lowest BCUT2D eigenvalue weighted by Crippen LogP contribution is -2.35. The molecule has 3 rings (SSSR count). The third kappa shape index (κ3) is 4.49. The zero-order chi connectivity index (χ0) is 16.1. The van der Waals surface area contributed by atoms with Crippen molar-refractivity contribution in [3.63, 3.8) is 0 Å². The van der Waals surface area contributed by atoms with E-state index in [1.165, 1.54) is 5.56 Å². The van der Waals surface area contributed by atoms with Gasteiger partial charge >= 0.3 is 0 Å². The highest BCUT2D eigenvalue weighted by Crippen LogP contribution is 2.25. The van der Waals surface area contributed by atoms with Crippen LogP contribution in [0.1, 0.15) is 24.0 Å². The molecular weight excluding hydrogens is 324 g/mol. The molecule has 0 radical (unpaired) electrons. The number of benzene rings is 2. The lowest BCUT2D eigenvalue weighted by Gasteiger charge is -2.14. The van der Waals surface area contributed by atoms with Gasteiger partial charge < -0.3 is 15.4 Å². The highest BCUT2D eigenvalue weighted by Gasteiger charge is 2.22. The van der Waals surface area contributed by atoms with Crippen molar-refractivity contribution in [3.05, 3.63) is 59.7 Å². The highest BCUT2D eigenvalue weighted by molar-refractivity contribution is 5.95. The van der Waals surface area contributed by atoms with E-state index in [2.05, 4.69) is 22.8 Å². The van der Waals surface area contributed by atoms with Crippen LogP contribution in [-0.2, 0) is 11.2 Å². The van der Waals surface area contributed by atoms with E-state index in [4.69, 9.17) is 4.74 Å². The molecule has 1 unspecified atom stereocenters. The van der Waals surface area contributed by atoms with Crippen LogP contribution in [0, 0.1) is 0 Å². The van der Waals surface area contributed by atoms with Gasteiger partial charge in [-0.15, -0.1) is 12.4 Å². The zero-order valence-electron chi connectivity index (χ0n) is 13.7. The minimum absolute atomic E-state index is 0. The maximum absolute atomic E-state index is 12.2. The van der Waals surface area contributed by atoms with E-state index < -0.39 is 0 Å². The Morgan fingerprint density at radius 2 is 2.04 bits per heavy atom. The lowest BCUT2D eigenvalue weighted by molar-refractivity contribution is -0.117. The number of carbonyl (C=O) groups is 1. The normalized spacial score (nSPS) is 16.3. The van der Waals surface area contributed by atoms with Crippen molar-refractivity contribution in [2.45, 2.75) is 25.3 Å². The smallest absolute Gasteiger partial charge is 0.241 e. The fourth-order valence-electron chi connectivity index (χ4n) is 2.95. The van der Waals surface area contributed by atoms with E-state index in [0.717, 1.165) is 42.8 Å². The summed E-state index contributed by atoms with van der Waals surface area (Å²) in [4.78, 5) is 12.2. The first-order valence-corrected chi connectivity index (χ1v) is 8.01. The van der Waals surface area contributed by atoms with E-state index in [1.807, 2.05) is 36.4 Å². The van der Waals surface area contributed by atoms with Gasteiger partial charge in [-0.05, 0) is 43.1 Å². The molecule has 4 nitrogen and oxygen atoms in total. The summed E-state index contributed by atoms with van der Waals surface area (Å²) >= 11 is 0. The molecular formula is C19H23ClN2O2. The Balaban J connectivity index is 0.00000208. The molecule has 2 aromatic rings. The van der Waals surface area contributed by atoms with Gasteiger partial charge in [-0.2, -0.15) is 0 Å². The van der Waals surface area contributed by atoms with Crippen LogP contribution in [-0.4, -0.2) is 25.6 Å². The number of halogens is 1. The number of hydrogen-bond donors (Lipinski definition) is 2. The van der Waals surface area contributed by atoms with Crippen LogP contribution in [0.3, 0.4) is 0 Å². The Morgan fingerprint density at radius 3 is 2.71 bits per heavy atom. The van der Waals surface area contributed by atoms with Crippen LogP contribution in [0.15, 0.2) is 48.5 Å². The maximum atomic E-state index is 12.2. The van der Waals surface area contributed by atoms with E-state index in [1.54, 1.807) is 7.11 Å². The molecule has 0 bridgehead atoms. The minimum atomic E-state index is -0.0744. The van der Waals surface area contributed by atoms with E-state index in [9.17, 15) is 4.79 Å². The highest BCUT2D eigenvalue weighted by atomic mass is 35.5. The summed E-state index contributed by atoms with van der Waals surface area (Å²) in [6, 6.07) is 16.0. The van der Waals surface area contributed by atoms with E-state index in [-0.39, 0.29) is 24.4 Å². The van der Waals surface area contributed by atoms with Crippen molar-refractivity contribution in [1.29, 1.82) is 0 Å². The third-order valence-corrected chi connectivity index (χ3v) is 4.16. The van der Waals surface area contributed by atoms with Crippen molar-refractivity contribution < 1.29 is 9.53 Å². The maximum Gasteiger partial charge on any atom is 0.241 e. The molecule has 1 atom stereocenters. The van der Waals surface area contributed by atoms with Gasteiger partial charge in [-0.1, -0.05) is 30.3 Å². The number of carbonyl (C=O) groups excluding carboxylic acids is 1. The lowest BCUT2D eigenvalue weighted by atomic mass is 10.0. The molecule has 1 amide bonds. The number of amides is 1. The molecule has 1 aliphatic heterocycles. The molecule has 1 saturated heterocycles. The Labute approximate surface area is 149 Å². The van der Waals surface area contributed by atoms with Gasteiger partial charge in [0.1, 0.15) is 5.75 Å². The number of rotatable bonds is 5. The molecule has 2 N–H and O–H groups in total. The molecule has 1 fully saturated rings. The predicted octanol–water partition coefficient (Wildman–Crippen LogP) is 3.40. The van der Waals surface area contributed by atoms with Gasteiger partial charge in [0.25, 0.3) is 0 Å². The third-order valence-electron chi connectivity index (χ3n) is 4.16. The standard InChI is InChI=1S/C19H22N2O2.ClH/c1-23-18-10-9-16(21-19(22)17-8-5-11-20-17)13-15(18)12-14-6-3-2-4-7-14;/h2-4,6-7,9-10,13,17,20H,5,8,11-12H2,1H3,(H,21,22);1H. The van der Waals surface area contributed by atoms with Gasteiger partial charge in [-0.25, -0.2) is 0 Å². The van der Waals surface area contributed by atoms with Gasteiger partial charge in [-0.3, -0.25) is 4.79 Å². The Morgan fingerprint density at radius 1 is 1.25 bits per heavy atom. The van der Waals surface area contributed by atoms with E-state index >= 15 is 0 Å². The van der Waals surface area contributed by atoms with Crippen molar-refractivity contribution in [2.75, 3.05) is 19.0 Å². The van der Waals surface area contributed by atoms with Crippen LogP contribution < -0.4 is 15.4 Å². The van der Waals surface area contributed by atoms with E-state index in [0.29, 0.717) is 0 Å². The first kappa shape index (κ1) is 18.3. The second-order valence-corrected chi connectivity index (χ2v) is 5.83. The minimum Gasteiger partial charge on any atom is -0.496 e. The second-order valence-electron chi connectivity index (χ2n) is 5.83. The Bertz CT molecular complexity index is 670. The molecule has 128 valence electrons. The predicted molar refractivity (Wildman–Crippen MR) is 99.1 cm³/mol. The molecule has 1 aliphatic rings. The molecule has 2 aromatic carbocycles. The topological polar surface area (TPSA) is 50.4 Å². The average molecular weight is 347 g/mol. The largest absolute Gasteiger partial charge is 0.496 e. The molecule has 24 heavy (non-hydrogen) atoms. The molecule has 0 aliphatic carbocycles. The summed E-state index contributed by atoms with van der Waals surface area (Å²) in [5.41, 5.74) is 3.10. The second kappa shape index (κ2) is 8.71. The number of hydrogen-bond acceptors (Lipinski definition) is 3. The fourth-order valence-corrected chi connectivity index (χ4v) is 2.95. The Kier molecular flexibility index (Phi) is 6.64. The van der Waals surface area contributed by atoms with Crippen LogP contribution in [0.4, 0.5) is 5.69 Å². The van der Waals surface area contributed by atoms with Crippen molar-refractivity contribution >= 4 is 24.0 Å². The van der Waals surface area contributed by atoms with Crippen LogP contribution in [0.2, 0.25) is 0 Å². The molecule has 0 saturated carbocycles. The van der Waals surface area contributed by atoms with Gasteiger partial charge in [0.15, 0.2) is 0 Å². The van der Waals surface area contributed by atoms with Crippen molar-refractivity contribution in [3.8, 4) is 5.75 Å². The SMILES string of the molecule is COc1ccc(NC(=O)C2CCCN2)cc1Cc1ccccc1.Cl. The number of methoxy groups -OCH3 is 1. The first-order valence-electron chi connectivity index (χ1n) is 8.01. The fraction of sp³-hybridized carbons (Fsp3) is 0.316. The molecule has 1 heterocycles. The molecule has 5 heteroatoms. The van der Waals surface area contributed by atoms with Crippen LogP contribution in [0.25, 0.3) is 0 Å². The number of ether oxygens (including phenoxy) is 1. The summed E-state index contributed by atoms with van der Waals surface area (Å²) in [5.74, 6) is 0.879. The summed E-state index contributed by atoms with van der Waals surface area (Å²) in [7, 11) is 1.67. The van der Waals surface area contributed by atoms with Gasteiger partial charge in [0.05, 0.1) is 13.2 Å². The molecule has 0 aromatic heterocycles. The van der Waals surface area contributed by atoms with Crippen LogP contribution >= 0.6 is 12.4 Å². The number of nitrogens with one attached hydrogen (secondary N) is 2. The van der Waals surface area contributed by atoms with Crippen molar-refractivity contribution in [2.24, 2.45) is 0 Å². The van der Waals surface area contributed by atoms with Gasteiger partial charge in [0.2, 0.25) is 5.91 Å². The quantitative estimate of drug-likeness (QED) is 0.872. The summed E-state index contributed by atoms with van der Waals surface area (Å²) in [6.45, 7) is 0.917. The molecule has 0 spiro atoms. The first-order chi connectivity index (χ1) is 11.3.